The molecule has 4 heteroatoms. The van der Waals surface area contributed by atoms with Gasteiger partial charge in [-0.05, 0) is 0 Å². The monoisotopic (exact) mass is 180 g/mol. The molecule has 0 radical (unpaired) electrons. The van der Waals surface area contributed by atoms with Crippen LogP contribution in [0.15, 0.2) is 6.20 Å². The molecule has 1 aromatic heterocycles. The van der Waals surface area contributed by atoms with Crippen LogP contribution in [-0.2, 0) is 0 Å². The Labute approximate surface area is 76.7 Å². The zero-order valence-corrected chi connectivity index (χ0v) is 7.90. The topological polar surface area (TPSA) is 63.1 Å². The number of nitrogens with zero attached hydrogens (tertiary/aromatic N) is 2. The van der Waals surface area contributed by atoms with E-state index in [0.717, 1.165) is 0 Å². The number of carbonyl (C=O) groups is 1. The van der Waals surface area contributed by atoms with Crippen molar-refractivity contribution >= 4 is 5.78 Å². The zero-order valence-electron chi connectivity index (χ0n) is 7.90. The highest BCUT2D eigenvalue weighted by Crippen LogP contribution is 2.16. The molecule has 4 nitrogen and oxygen atoms in total. The Balaban J connectivity index is 3.19. The van der Waals surface area contributed by atoms with E-state index < -0.39 is 0 Å². The number of rotatable bonds is 2. The summed E-state index contributed by atoms with van der Waals surface area (Å²) >= 11 is 0. The first kappa shape index (κ1) is 9.64. The number of aromatic nitrogens is 2. The molecule has 13 heavy (non-hydrogen) atoms. The Kier molecular flexibility index (Phi) is 2.60. The fourth-order valence-corrected chi connectivity index (χ4v) is 0.926. The first-order valence-corrected chi connectivity index (χ1v) is 4.09. The highest BCUT2D eigenvalue weighted by atomic mass is 16.3. The minimum atomic E-state index is -0.248. The molecule has 1 N–H and O–H groups in total. The second kappa shape index (κ2) is 3.51. The van der Waals surface area contributed by atoms with Crippen LogP contribution in [0.2, 0.25) is 0 Å². The average molecular weight is 180 g/mol. The van der Waals surface area contributed by atoms with Crippen LogP contribution in [0.1, 0.15) is 43.0 Å². The summed E-state index contributed by atoms with van der Waals surface area (Å²) in [5.41, 5.74) is 0.0960. The lowest BCUT2D eigenvalue weighted by Crippen LogP contribution is -2.04. The van der Waals surface area contributed by atoms with Crippen LogP contribution in [0.25, 0.3) is 0 Å². The SMILES string of the molecule is CC(=O)c1nc(C(C)C)ncc1O. The summed E-state index contributed by atoms with van der Waals surface area (Å²) in [7, 11) is 0. The van der Waals surface area contributed by atoms with Gasteiger partial charge in [0.05, 0.1) is 6.20 Å². The summed E-state index contributed by atoms with van der Waals surface area (Å²) in [6.45, 7) is 5.22. The van der Waals surface area contributed by atoms with E-state index in [0.29, 0.717) is 5.82 Å². The summed E-state index contributed by atoms with van der Waals surface area (Å²) in [4.78, 5) is 18.9. The number of aromatic hydroxyl groups is 1. The third kappa shape index (κ3) is 2.02. The number of Topliss-reactive ketones (excluding diaryl/α,β-unsaturated/α-hetero) is 1. The molecule has 0 saturated heterocycles. The Morgan fingerprint density at radius 2 is 2.15 bits per heavy atom. The molecular formula is C9H12N2O2. The molecule has 1 rings (SSSR count). The van der Waals surface area contributed by atoms with Gasteiger partial charge >= 0.3 is 0 Å². The van der Waals surface area contributed by atoms with Crippen molar-refractivity contribution in [2.75, 3.05) is 0 Å². The normalized spacial score (nSPS) is 10.5. The summed E-state index contributed by atoms with van der Waals surface area (Å²) in [5.74, 6) is 0.320. The van der Waals surface area contributed by atoms with Crippen LogP contribution in [0.3, 0.4) is 0 Å². The highest BCUT2D eigenvalue weighted by molar-refractivity contribution is 5.94. The van der Waals surface area contributed by atoms with E-state index in [1.54, 1.807) is 0 Å². The van der Waals surface area contributed by atoms with E-state index in [-0.39, 0.29) is 23.1 Å². The van der Waals surface area contributed by atoms with Gasteiger partial charge < -0.3 is 5.11 Å². The van der Waals surface area contributed by atoms with Crippen molar-refractivity contribution < 1.29 is 9.90 Å². The standard InChI is InChI=1S/C9H12N2O2/c1-5(2)9-10-4-7(13)8(11-9)6(3)12/h4-5,13H,1-3H3. The third-order valence-electron chi connectivity index (χ3n) is 1.64. The molecule has 70 valence electrons. The van der Waals surface area contributed by atoms with Gasteiger partial charge in [0.15, 0.2) is 17.2 Å². The van der Waals surface area contributed by atoms with Gasteiger partial charge in [-0.25, -0.2) is 9.97 Å². The first-order valence-electron chi connectivity index (χ1n) is 4.09. The first-order chi connectivity index (χ1) is 6.02. The van der Waals surface area contributed by atoms with E-state index in [1.807, 2.05) is 13.8 Å². The average Bonchev–Trinajstić information content (AvgIpc) is 2.04. The highest BCUT2D eigenvalue weighted by Gasteiger charge is 2.11. The molecule has 0 fully saturated rings. The van der Waals surface area contributed by atoms with Crippen LogP contribution in [-0.4, -0.2) is 20.9 Å². The number of ketones is 1. The van der Waals surface area contributed by atoms with Gasteiger partial charge in [0, 0.05) is 12.8 Å². The molecule has 0 amide bonds. The van der Waals surface area contributed by atoms with E-state index in [1.165, 1.54) is 13.1 Å². The zero-order chi connectivity index (χ0) is 10.0. The largest absolute Gasteiger partial charge is 0.504 e. The number of hydrogen-bond donors (Lipinski definition) is 1. The van der Waals surface area contributed by atoms with Crippen molar-refractivity contribution in [3.63, 3.8) is 0 Å². The fourth-order valence-electron chi connectivity index (χ4n) is 0.926. The molecule has 0 aliphatic carbocycles. The lowest BCUT2D eigenvalue weighted by Gasteiger charge is -2.05. The minimum absolute atomic E-state index is 0.0960. The quantitative estimate of drug-likeness (QED) is 0.700. The maximum absolute atomic E-state index is 11.0. The smallest absolute Gasteiger partial charge is 0.182 e. The molecule has 0 aliphatic heterocycles. The molecule has 0 bridgehead atoms. The second-order valence-electron chi connectivity index (χ2n) is 3.17. The van der Waals surface area contributed by atoms with Crippen molar-refractivity contribution in [3.05, 3.63) is 17.7 Å². The lowest BCUT2D eigenvalue weighted by atomic mass is 10.2. The van der Waals surface area contributed by atoms with Gasteiger partial charge in [-0.15, -0.1) is 0 Å². The maximum Gasteiger partial charge on any atom is 0.182 e. The van der Waals surface area contributed by atoms with Gasteiger partial charge in [-0.2, -0.15) is 0 Å². The molecule has 0 unspecified atom stereocenters. The Bertz CT molecular complexity index is 334. The van der Waals surface area contributed by atoms with E-state index in [4.69, 9.17) is 0 Å². The number of hydrogen-bond acceptors (Lipinski definition) is 4. The Hall–Kier alpha value is -1.45. The molecule has 0 atom stereocenters. The summed E-state index contributed by atoms with van der Waals surface area (Å²) in [5, 5.41) is 9.24. The molecular weight excluding hydrogens is 168 g/mol. The minimum Gasteiger partial charge on any atom is -0.504 e. The van der Waals surface area contributed by atoms with Crippen LogP contribution < -0.4 is 0 Å². The predicted molar refractivity (Wildman–Crippen MR) is 47.8 cm³/mol. The van der Waals surface area contributed by atoms with Crippen molar-refractivity contribution in [3.8, 4) is 5.75 Å². The molecule has 0 aromatic carbocycles. The van der Waals surface area contributed by atoms with Crippen molar-refractivity contribution in [2.24, 2.45) is 0 Å². The molecule has 0 saturated carbocycles. The van der Waals surface area contributed by atoms with Gasteiger partial charge in [0.1, 0.15) is 5.82 Å². The Morgan fingerprint density at radius 1 is 1.54 bits per heavy atom. The van der Waals surface area contributed by atoms with Crippen molar-refractivity contribution in [2.45, 2.75) is 26.7 Å². The van der Waals surface area contributed by atoms with Gasteiger partial charge in [-0.1, -0.05) is 13.8 Å². The van der Waals surface area contributed by atoms with Crippen LogP contribution >= 0.6 is 0 Å². The molecule has 1 aromatic rings. The van der Waals surface area contributed by atoms with Gasteiger partial charge in [0.2, 0.25) is 0 Å². The molecule has 0 spiro atoms. The lowest BCUT2D eigenvalue weighted by molar-refractivity contribution is 0.100. The van der Waals surface area contributed by atoms with Gasteiger partial charge in [0.25, 0.3) is 0 Å². The van der Waals surface area contributed by atoms with E-state index in [9.17, 15) is 9.90 Å². The molecule has 1 heterocycles. The summed E-state index contributed by atoms with van der Waals surface area (Å²) < 4.78 is 0. The maximum atomic E-state index is 11.0. The number of carbonyl (C=O) groups excluding carboxylic acids is 1. The van der Waals surface area contributed by atoms with Crippen LogP contribution in [0, 0.1) is 0 Å². The summed E-state index contributed by atoms with van der Waals surface area (Å²) in [6.07, 6.45) is 1.26. The Morgan fingerprint density at radius 3 is 2.62 bits per heavy atom. The summed E-state index contributed by atoms with van der Waals surface area (Å²) in [6, 6.07) is 0. The van der Waals surface area contributed by atoms with Gasteiger partial charge in [-0.3, -0.25) is 4.79 Å². The van der Waals surface area contributed by atoms with E-state index >= 15 is 0 Å². The molecule has 0 aliphatic rings. The fraction of sp³-hybridized carbons (Fsp3) is 0.444. The van der Waals surface area contributed by atoms with Crippen LogP contribution in [0.4, 0.5) is 0 Å². The van der Waals surface area contributed by atoms with E-state index in [2.05, 4.69) is 9.97 Å². The second-order valence-corrected chi connectivity index (χ2v) is 3.17. The van der Waals surface area contributed by atoms with Crippen molar-refractivity contribution in [1.82, 2.24) is 9.97 Å². The van der Waals surface area contributed by atoms with Crippen LogP contribution in [0.5, 0.6) is 5.75 Å². The third-order valence-corrected chi connectivity index (χ3v) is 1.64. The predicted octanol–water partition coefficient (Wildman–Crippen LogP) is 1.51. The van der Waals surface area contributed by atoms with Crippen molar-refractivity contribution in [1.29, 1.82) is 0 Å².